The Bertz CT molecular complexity index is 598. The third kappa shape index (κ3) is 2.90. The van der Waals surface area contributed by atoms with Crippen molar-refractivity contribution in [1.29, 1.82) is 0 Å². The second-order valence-corrected chi connectivity index (χ2v) is 6.98. The lowest BCUT2D eigenvalue weighted by atomic mass is 9.88. The van der Waals surface area contributed by atoms with Crippen molar-refractivity contribution in [3.63, 3.8) is 0 Å². The van der Waals surface area contributed by atoms with Gasteiger partial charge in [0.05, 0.1) is 16.6 Å². The monoisotopic (exact) mass is 290 g/mol. The number of nitrogens with zero attached hydrogens (tertiary/aromatic N) is 2. The lowest BCUT2D eigenvalue weighted by Gasteiger charge is -2.22. The Morgan fingerprint density at radius 3 is 2.50 bits per heavy atom. The first kappa shape index (κ1) is 15.1. The molecule has 0 aliphatic rings. The van der Waals surface area contributed by atoms with E-state index in [1.165, 1.54) is 28.2 Å². The Morgan fingerprint density at radius 1 is 1.25 bits per heavy atom. The van der Waals surface area contributed by atoms with E-state index in [4.69, 9.17) is 5.84 Å². The van der Waals surface area contributed by atoms with Crippen molar-refractivity contribution < 1.29 is 0 Å². The van der Waals surface area contributed by atoms with Crippen LogP contribution in [0.4, 0.5) is 0 Å². The number of nitrogens with two attached hydrogens (primary N) is 1. The fraction of sp³-hybridized carbons (Fsp3) is 0.467. The molecule has 2 rings (SSSR count). The summed E-state index contributed by atoms with van der Waals surface area (Å²) in [5.41, 5.74) is 7.53. The fourth-order valence-corrected chi connectivity index (χ4v) is 3.31. The van der Waals surface area contributed by atoms with Gasteiger partial charge in [0, 0.05) is 5.41 Å². The van der Waals surface area contributed by atoms with Crippen LogP contribution in [0.5, 0.6) is 0 Å². The van der Waals surface area contributed by atoms with E-state index in [0.717, 1.165) is 10.6 Å². The number of rotatable bonds is 3. The molecular weight excluding hydrogens is 268 g/mol. The zero-order valence-corrected chi connectivity index (χ0v) is 13.5. The van der Waals surface area contributed by atoms with Crippen molar-refractivity contribution in [2.45, 2.75) is 46.1 Å². The summed E-state index contributed by atoms with van der Waals surface area (Å²) in [4.78, 5) is 1.09. The van der Waals surface area contributed by atoms with E-state index in [1.807, 2.05) is 0 Å². The van der Waals surface area contributed by atoms with Gasteiger partial charge < -0.3 is 0 Å². The van der Waals surface area contributed by atoms with Gasteiger partial charge >= 0.3 is 0 Å². The highest BCUT2D eigenvalue weighted by molar-refractivity contribution is 7.05. The molecule has 0 saturated heterocycles. The van der Waals surface area contributed by atoms with Crippen molar-refractivity contribution in [1.82, 2.24) is 15.0 Å². The second kappa shape index (κ2) is 5.60. The smallest absolute Gasteiger partial charge is 0.0861 e. The molecule has 0 amide bonds. The number of hydrogen-bond acceptors (Lipinski definition) is 5. The first-order valence-electron chi connectivity index (χ1n) is 6.70. The number of hydrazine groups is 1. The van der Waals surface area contributed by atoms with Crippen molar-refractivity contribution >= 4 is 11.5 Å². The molecule has 0 saturated carbocycles. The van der Waals surface area contributed by atoms with Crippen LogP contribution < -0.4 is 11.3 Å². The van der Waals surface area contributed by atoms with E-state index >= 15 is 0 Å². The van der Waals surface area contributed by atoms with E-state index in [9.17, 15) is 0 Å². The standard InChI is InChI=1S/C15H22N4S/c1-9-6-7-11(10(2)8-9)12(17-16)13-14(15(3,4)5)18-19-20-13/h6-8,12,17H,16H2,1-5H3. The number of nitrogens with one attached hydrogen (secondary N) is 1. The molecule has 1 aromatic carbocycles. The number of aryl methyl sites for hydroxylation is 2. The summed E-state index contributed by atoms with van der Waals surface area (Å²) >= 11 is 1.41. The minimum absolute atomic E-state index is 0.0456. The maximum absolute atomic E-state index is 5.82. The summed E-state index contributed by atoms with van der Waals surface area (Å²) in [7, 11) is 0. The molecular formula is C15H22N4S. The van der Waals surface area contributed by atoms with Crippen molar-refractivity contribution in [3.8, 4) is 0 Å². The fourth-order valence-electron chi connectivity index (χ4n) is 2.36. The van der Waals surface area contributed by atoms with Gasteiger partial charge in [0.1, 0.15) is 0 Å². The Labute approximate surface area is 124 Å². The molecule has 0 aliphatic carbocycles. The van der Waals surface area contributed by atoms with Gasteiger partial charge in [-0.3, -0.25) is 5.84 Å². The lowest BCUT2D eigenvalue weighted by Crippen LogP contribution is -2.30. The third-order valence-electron chi connectivity index (χ3n) is 3.39. The van der Waals surface area contributed by atoms with Gasteiger partial charge in [-0.25, -0.2) is 5.43 Å². The topological polar surface area (TPSA) is 63.8 Å². The minimum atomic E-state index is -0.0650. The predicted octanol–water partition coefficient (Wildman–Crippen LogP) is 3.01. The molecule has 1 aromatic heterocycles. The zero-order chi connectivity index (χ0) is 14.9. The average Bonchev–Trinajstić information content (AvgIpc) is 2.81. The zero-order valence-electron chi connectivity index (χ0n) is 12.7. The molecule has 0 bridgehead atoms. The first-order chi connectivity index (χ1) is 9.34. The average molecular weight is 290 g/mol. The third-order valence-corrected chi connectivity index (χ3v) is 4.18. The maximum Gasteiger partial charge on any atom is 0.0861 e. The quantitative estimate of drug-likeness (QED) is 0.674. The summed E-state index contributed by atoms with van der Waals surface area (Å²) in [6, 6.07) is 6.34. The minimum Gasteiger partial charge on any atom is -0.271 e. The Kier molecular flexibility index (Phi) is 4.22. The van der Waals surface area contributed by atoms with E-state index in [2.05, 4.69) is 67.8 Å². The van der Waals surface area contributed by atoms with Crippen LogP contribution in [0.2, 0.25) is 0 Å². The van der Waals surface area contributed by atoms with E-state index in [0.29, 0.717) is 0 Å². The number of aromatic nitrogens is 2. The lowest BCUT2D eigenvalue weighted by molar-refractivity contribution is 0.543. The van der Waals surface area contributed by atoms with Gasteiger partial charge in [-0.15, -0.1) is 5.10 Å². The van der Waals surface area contributed by atoms with Gasteiger partial charge in [0.2, 0.25) is 0 Å². The van der Waals surface area contributed by atoms with Crippen LogP contribution >= 0.6 is 11.5 Å². The van der Waals surface area contributed by atoms with E-state index in [1.54, 1.807) is 0 Å². The van der Waals surface area contributed by atoms with Gasteiger partial charge in [0.25, 0.3) is 0 Å². The normalized spacial score (nSPS) is 13.5. The molecule has 1 heterocycles. The molecule has 1 atom stereocenters. The highest BCUT2D eigenvalue weighted by Gasteiger charge is 2.28. The summed E-state index contributed by atoms with van der Waals surface area (Å²) in [6.45, 7) is 10.6. The van der Waals surface area contributed by atoms with Gasteiger partial charge in [-0.2, -0.15) is 0 Å². The molecule has 1 unspecified atom stereocenters. The maximum atomic E-state index is 5.82. The predicted molar refractivity (Wildman–Crippen MR) is 83.7 cm³/mol. The molecule has 0 spiro atoms. The molecule has 4 nitrogen and oxygen atoms in total. The van der Waals surface area contributed by atoms with Crippen LogP contribution in [0, 0.1) is 13.8 Å². The Hall–Kier alpha value is -1.30. The van der Waals surface area contributed by atoms with Crippen LogP contribution in [0.1, 0.15) is 54.1 Å². The van der Waals surface area contributed by atoms with Crippen LogP contribution in [-0.2, 0) is 5.41 Å². The molecule has 0 aliphatic heterocycles. The van der Waals surface area contributed by atoms with Crippen molar-refractivity contribution in [2.24, 2.45) is 5.84 Å². The molecule has 20 heavy (non-hydrogen) atoms. The molecule has 3 N–H and O–H groups in total. The molecule has 0 fully saturated rings. The van der Waals surface area contributed by atoms with Crippen LogP contribution in [0.15, 0.2) is 18.2 Å². The van der Waals surface area contributed by atoms with Gasteiger partial charge in [-0.1, -0.05) is 49.0 Å². The number of hydrogen-bond donors (Lipinski definition) is 2. The van der Waals surface area contributed by atoms with Crippen molar-refractivity contribution in [3.05, 3.63) is 45.5 Å². The first-order valence-corrected chi connectivity index (χ1v) is 7.48. The molecule has 5 heteroatoms. The second-order valence-electron chi connectivity index (χ2n) is 6.20. The van der Waals surface area contributed by atoms with Gasteiger partial charge in [0.15, 0.2) is 0 Å². The summed E-state index contributed by atoms with van der Waals surface area (Å²) in [6.07, 6.45) is 0. The Morgan fingerprint density at radius 2 is 1.95 bits per heavy atom. The van der Waals surface area contributed by atoms with Crippen molar-refractivity contribution in [2.75, 3.05) is 0 Å². The summed E-state index contributed by atoms with van der Waals surface area (Å²) in [5.74, 6) is 5.82. The molecule has 2 aromatic rings. The van der Waals surface area contributed by atoms with Crippen LogP contribution in [0.3, 0.4) is 0 Å². The Balaban J connectivity index is 2.51. The highest BCUT2D eigenvalue weighted by atomic mass is 32.1. The molecule has 108 valence electrons. The van der Waals surface area contributed by atoms with Gasteiger partial charge in [-0.05, 0) is 36.5 Å². The summed E-state index contributed by atoms with van der Waals surface area (Å²) < 4.78 is 4.13. The summed E-state index contributed by atoms with van der Waals surface area (Å²) in [5, 5.41) is 4.30. The van der Waals surface area contributed by atoms with Crippen LogP contribution in [0.25, 0.3) is 0 Å². The number of benzene rings is 1. The highest BCUT2D eigenvalue weighted by Crippen LogP contribution is 2.34. The van der Waals surface area contributed by atoms with E-state index in [-0.39, 0.29) is 11.5 Å². The van der Waals surface area contributed by atoms with Crippen LogP contribution in [-0.4, -0.2) is 9.59 Å². The molecule has 0 radical (unpaired) electrons. The van der Waals surface area contributed by atoms with E-state index < -0.39 is 0 Å². The largest absolute Gasteiger partial charge is 0.271 e. The SMILES string of the molecule is Cc1ccc(C(NN)c2snnc2C(C)(C)C)c(C)c1.